The number of benzene rings is 2. The first-order valence-corrected chi connectivity index (χ1v) is 8.75. The van der Waals surface area contributed by atoms with E-state index in [9.17, 15) is 0 Å². The van der Waals surface area contributed by atoms with Crippen molar-refractivity contribution in [3.05, 3.63) is 89.5 Å². The standard InChI is InChI=1S/C19H17ClN2S/c20-18-7-3-17(4-8-18)14-23-19-9-5-16(6-10-19)2-1-12-22-13-11-21-15-22/h1-11,13,15H,12,14H2. The molecule has 2 aromatic carbocycles. The molecule has 0 aliphatic heterocycles. The van der Waals surface area contributed by atoms with E-state index in [-0.39, 0.29) is 0 Å². The molecule has 0 spiro atoms. The molecule has 0 atom stereocenters. The molecular weight excluding hydrogens is 324 g/mol. The summed E-state index contributed by atoms with van der Waals surface area (Å²) >= 11 is 7.73. The van der Waals surface area contributed by atoms with Crippen LogP contribution in [0, 0.1) is 0 Å². The van der Waals surface area contributed by atoms with Crippen LogP contribution < -0.4 is 0 Å². The molecule has 1 aromatic heterocycles. The molecule has 0 amide bonds. The zero-order valence-electron chi connectivity index (χ0n) is 12.6. The van der Waals surface area contributed by atoms with Gasteiger partial charge < -0.3 is 4.57 Å². The first-order chi connectivity index (χ1) is 11.3. The largest absolute Gasteiger partial charge is 0.334 e. The third kappa shape index (κ3) is 5.02. The SMILES string of the molecule is Clc1ccc(CSc2ccc(C=CCn3ccnc3)cc2)cc1. The number of imidazole rings is 1. The molecule has 4 heteroatoms. The molecule has 23 heavy (non-hydrogen) atoms. The normalized spacial score (nSPS) is 11.2. The maximum atomic E-state index is 5.90. The van der Waals surface area contributed by atoms with Crippen molar-refractivity contribution in [2.24, 2.45) is 0 Å². The topological polar surface area (TPSA) is 17.8 Å². The van der Waals surface area contributed by atoms with E-state index in [1.807, 2.05) is 41.0 Å². The van der Waals surface area contributed by atoms with Crippen LogP contribution >= 0.6 is 23.4 Å². The third-order valence-corrected chi connectivity index (χ3v) is 4.72. The molecule has 0 bridgehead atoms. The Kier molecular flexibility index (Phi) is 5.56. The predicted molar refractivity (Wildman–Crippen MR) is 98.7 cm³/mol. The van der Waals surface area contributed by atoms with Gasteiger partial charge in [-0.1, -0.05) is 48.0 Å². The minimum absolute atomic E-state index is 0.783. The van der Waals surface area contributed by atoms with Gasteiger partial charge in [0, 0.05) is 34.6 Å². The van der Waals surface area contributed by atoms with E-state index in [0.29, 0.717) is 0 Å². The van der Waals surface area contributed by atoms with Crippen LogP contribution in [0.2, 0.25) is 5.02 Å². The van der Waals surface area contributed by atoms with Crippen LogP contribution in [0.4, 0.5) is 0 Å². The molecule has 3 aromatic rings. The maximum absolute atomic E-state index is 5.90. The van der Waals surface area contributed by atoms with Crippen LogP contribution in [0.5, 0.6) is 0 Å². The van der Waals surface area contributed by atoms with E-state index >= 15 is 0 Å². The Balaban J connectivity index is 1.52. The average molecular weight is 341 g/mol. The Bertz CT molecular complexity index is 747. The molecule has 0 N–H and O–H groups in total. The summed E-state index contributed by atoms with van der Waals surface area (Å²) in [5, 5.41) is 0.783. The number of aromatic nitrogens is 2. The second-order valence-electron chi connectivity index (χ2n) is 5.15. The Hall–Kier alpha value is -1.97. The van der Waals surface area contributed by atoms with Crippen molar-refractivity contribution in [2.45, 2.75) is 17.2 Å². The van der Waals surface area contributed by atoms with Gasteiger partial charge in [-0.2, -0.15) is 0 Å². The van der Waals surface area contributed by atoms with Crippen molar-refractivity contribution in [3.63, 3.8) is 0 Å². The molecule has 116 valence electrons. The van der Waals surface area contributed by atoms with Gasteiger partial charge in [0.15, 0.2) is 0 Å². The van der Waals surface area contributed by atoms with Crippen molar-refractivity contribution in [1.82, 2.24) is 9.55 Å². The van der Waals surface area contributed by atoms with E-state index in [1.54, 1.807) is 6.20 Å². The fraction of sp³-hybridized carbons (Fsp3) is 0.105. The van der Waals surface area contributed by atoms with Crippen LogP contribution in [0.15, 0.2) is 78.2 Å². The van der Waals surface area contributed by atoms with Gasteiger partial charge in [-0.25, -0.2) is 4.98 Å². The minimum Gasteiger partial charge on any atom is -0.334 e. The van der Waals surface area contributed by atoms with Crippen molar-refractivity contribution < 1.29 is 0 Å². The summed E-state index contributed by atoms with van der Waals surface area (Å²) in [4.78, 5) is 5.30. The highest BCUT2D eigenvalue weighted by Crippen LogP contribution is 2.24. The summed E-state index contributed by atoms with van der Waals surface area (Å²) < 4.78 is 2.03. The summed E-state index contributed by atoms with van der Waals surface area (Å²) in [5.41, 5.74) is 2.49. The molecule has 0 saturated carbocycles. The molecule has 0 fully saturated rings. The molecule has 0 saturated heterocycles. The second kappa shape index (κ2) is 8.04. The lowest BCUT2D eigenvalue weighted by Gasteiger charge is -2.03. The minimum atomic E-state index is 0.783. The maximum Gasteiger partial charge on any atom is 0.0948 e. The summed E-state index contributed by atoms with van der Waals surface area (Å²) in [6.07, 6.45) is 9.84. The highest BCUT2D eigenvalue weighted by Gasteiger charge is 1.97. The molecule has 0 unspecified atom stereocenters. The monoisotopic (exact) mass is 340 g/mol. The number of nitrogens with zero attached hydrogens (tertiary/aromatic N) is 2. The highest BCUT2D eigenvalue weighted by atomic mass is 35.5. The van der Waals surface area contributed by atoms with E-state index in [0.717, 1.165) is 17.3 Å². The molecule has 0 aliphatic rings. The first kappa shape index (κ1) is 15.9. The van der Waals surface area contributed by atoms with Crippen molar-refractivity contribution in [1.29, 1.82) is 0 Å². The zero-order valence-corrected chi connectivity index (χ0v) is 14.2. The smallest absolute Gasteiger partial charge is 0.0948 e. The third-order valence-electron chi connectivity index (χ3n) is 3.38. The van der Waals surface area contributed by atoms with Crippen LogP contribution in [-0.2, 0) is 12.3 Å². The molecule has 3 rings (SSSR count). The number of allylic oxidation sites excluding steroid dienone is 1. The van der Waals surface area contributed by atoms with Crippen molar-refractivity contribution in [2.75, 3.05) is 0 Å². The number of hydrogen-bond acceptors (Lipinski definition) is 2. The van der Waals surface area contributed by atoms with Crippen LogP contribution in [0.25, 0.3) is 6.08 Å². The van der Waals surface area contributed by atoms with Crippen LogP contribution in [0.1, 0.15) is 11.1 Å². The Morgan fingerprint density at radius 3 is 2.52 bits per heavy atom. The van der Waals surface area contributed by atoms with E-state index in [2.05, 4.69) is 53.5 Å². The lowest BCUT2D eigenvalue weighted by atomic mass is 10.2. The van der Waals surface area contributed by atoms with E-state index in [4.69, 9.17) is 11.6 Å². The van der Waals surface area contributed by atoms with Crippen LogP contribution in [-0.4, -0.2) is 9.55 Å². The van der Waals surface area contributed by atoms with Gasteiger partial charge in [0.2, 0.25) is 0 Å². The lowest BCUT2D eigenvalue weighted by molar-refractivity contribution is 0.823. The number of thioether (sulfide) groups is 1. The summed E-state index contributed by atoms with van der Waals surface area (Å²) in [5.74, 6) is 0.951. The summed E-state index contributed by atoms with van der Waals surface area (Å²) in [6, 6.07) is 16.6. The molecule has 2 nitrogen and oxygen atoms in total. The first-order valence-electron chi connectivity index (χ1n) is 7.39. The number of halogens is 1. The molecule has 0 aliphatic carbocycles. The van der Waals surface area contributed by atoms with Gasteiger partial charge in [-0.3, -0.25) is 0 Å². The number of rotatable bonds is 6. The molecule has 0 radical (unpaired) electrons. The second-order valence-corrected chi connectivity index (χ2v) is 6.63. The van der Waals surface area contributed by atoms with E-state index < -0.39 is 0 Å². The summed E-state index contributed by atoms with van der Waals surface area (Å²) in [7, 11) is 0. The molecule has 1 heterocycles. The predicted octanol–water partition coefficient (Wildman–Crippen LogP) is 5.54. The fourth-order valence-electron chi connectivity index (χ4n) is 2.13. The van der Waals surface area contributed by atoms with Gasteiger partial charge in [0.1, 0.15) is 0 Å². The lowest BCUT2D eigenvalue weighted by Crippen LogP contribution is -1.89. The fourth-order valence-corrected chi connectivity index (χ4v) is 3.11. The van der Waals surface area contributed by atoms with Gasteiger partial charge in [0.25, 0.3) is 0 Å². The van der Waals surface area contributed by atoms with Crippen LogP contribution in [0.3, 0.4) is 0 Å². The Morgan fingerprint density at radius 1 is 1.04 bits per heavy atom. The van der Waals surface area contributed by atoms with E-state index in [1.165, 1.54) is 16.0 Å². The molecular formula is C19H17ClN2S. The van der Waals surface area contributed by atoms with Gasteiger partial charge >= 0.3 is 0 Å². The highest BCUT2D eigenvalue weighted by molar-refractivity contribution is 7.98. The summed E-state index contributed by atoms with van der Waals surface area (Å²) in [6.45, 7) is 0.840. The van der Waals surface area contributed by atoms with Gasteiger partial charge in [-0.05, 0) is 35.4 Å². The van der Waals surface area contributed by atoms with Crippen molar-refractivity contribution >= 4 is 29.4 Å². The van der Waals surface area contributed by atoms with Gasteiger partial charge in [-0.15, -0.1) is 11.8 Å². The average Bonchev–Trinajstić information content (AvgIpc) is 3.09. The zero-order chi connectivity index (χ0) is 15.9. The number of hydrogen-bond donors (Lipinski definition) is 0. The van der Waals surface area contributed by atoms with Gasteiger partial charge in [0.05, 0.1) is 6.33 Å². The quantitative estimate of drug-likeness (QED) is 0.548. The Labute approximate surface area is 145 Å². The Morgan fingerprint density at radius 2 is 1.83 bits per heavy atom. The van der Waals surface area contributed by atoms with Crippen molar-refractivity contribution in [3.8, 4) is 0 Å².